The highest BCUT2D eigenvalue weighted by Crippen LogP contribution is 2.39. The van der Waals surface area contributed by atoms with E-state index in [1.165, 1.54) is 29.7 Å². The minimum Gasteiger partial charge on any atom is -0.390 e. The molecule has 2 aliphatic carbocycles. The molecule has 2 atom stereocenters. The van der Waals surface area contributed by atoms with Gasteiger partial charge in [-0.25, -0.2) is 8.78 Å². The van der Waals surface area contributed by atoms with E-state index in [-0.39, 0.29) is 17.4 Å². The summed E-state index contributed by atoms with van der Waals surface area (Å²) in [5.41, 5.74) is 2.93. The van der Waals surface area contributed by atoms with Crippen LogP contribution in [0.15, 0.2) is 42.5 Å². The van der Waals surface area contributed by atoms with Gasteiger partial charge >= 0.3 is 0 Å². The van der Waals surface area contributed by atoms with Crippen molar-refractivity contribution in [2.75, 3.05) is 6.54 Å². The smallest absolute Gasteiger partial charge is 0.126 e. The van der Waals surface area contributed by atoms with E-state index in [1.807, 2.05) is 0 Å². The SMILES string of the molecule is CC(C)(C)c1cccc(C2(NCC(O)C(Cc3cc(F)cc(F)c3)NC(=S)C3CC3)CCCCC2)c1. The Morgan fingerprint density at radius 3 is 2.33 bits per heavy atom. The monoisotopic (exact) mass is 514 g/mol. The van der Waals surface area contributed by atoms with Gasteiger partial charge in [-0.1, -0.05) is 76.5 Å². The Labute approximate surface area is 220 Å². The quantitative estimate of drug-likeness (QED) is 0.343. The third-order valence-corrected chi connectivity index (χ3v) is 8.21. The molecule has 3 nitrogen and oxygen atoms in total. The number of halogens is 2. The summed E-state index contributed by atoms with van der Waals surface area (Å²) in [7, 11) is 0. The zero-order valence-corrected chi connectivity index (χ0v) is 22.6. The number of rotatable bonds is 9. The third-order valence-electron chi connectivity index (χ3n) is 7.76. The molecule has 0 spiro atoms. The first-order valence-corrected chi connectivity index (χ1v) is 13.8. The van der Waals surface area contributed by atoms with E-state index >= 15 is 0 Å². The van der Waals surface area contributed by atoms with Crippen molar-refractivity contribution in [1.29, 1.82) is 0 Å². The van der Waals surface area contributed by atoms with Crippen LogP contribution in [0.25, 0.3) is 0 Å². The van der Waals surface area contributed by atoms with E-state index in [0.29, 0.717) is 18.0 Å². The largest absolute Gasteiger partial charge is 0.390 e. The van der Waals surface area contributed by atoms with E-state index in [4.69, 9.17) is 12.2 Å². The van der Waals surface area contributed by atoms with Crippen LogP contribution in [0.1, 0.15) is 82.4 Å². The summed E-state index contributed by atoms with van der Waals surface area (Å²) in [5.74, 6) is -0.876. The van der Waals surface area contributed by atoms with Crippen molar-refractivity contribution in [2.45, 2.75) is 95.2 Å². The lowest BCUT2D eigenvalue weighted by atomic mass is 9.74. The van der Waals surface area contributed by atoms with Gasteiger partial charge in [0.2, 0.25) is 0 Å². The van der Waals surface area contributed by atoms with Crippen LogP contribution in [0, 0.1) is 17.6 Å². The number of nitrogens with one attached hydrogen (secondary N) is 2. The van der Waals surface area contributed by atoms with Gasteiger partial charge in [0.15, 0.2) is 0 Å². The molecule has 2 aromatic rings. The van der Waals surface area contributed by atoms with Crippen LogP contribution < -0.4 is 10.6 Å². The third kappa shape index (κ3) is 6.90. The summed E-state index contributed by atoms with van der Waals surface area (Å²) in [6, 6.07) is 11.9. The van der Waals surface area contributed by atoms with Crippen molar-refractivity contribution in [3.05, 3.63) is 70.8 Å². The van der Waals surface area contributed by atoms with Crippen molar-refractivity contribution < 1.29 is 13.9 Å². The molecule has 0 bridgehead atoms. The van der Waals surface area contributed by atoms with Crippen LogP contribution in [0.5, 0.6) is 0 Å². The topological polar surface area (TPSA) is 44.3 Å². The van der Waals surface area contributed by atoms with E-state index in [1.54, 1.807) is 0 Å². The molecule has 4 rings (SSSR count). The summed E-state index contributed by atoms with van der Waals surface area (Å²) >= 11 is 5.57. The molecule has 2 unspecified atom stereocenters. The Morgan fingerprint density at radius 1 is 1.06 bits per heavy atom. The number of benzene rings is 2. The molecule has 196 valence electrons. The van der Waals surface area contributed by atoms with Crippen LogP contribution in [0.3, 0.4) is 0 Å². The molecule has 2 saturated carbocycles. The molecule has 0 heterocycles. The summed E-state index contributed by atoms with van der Waals surface area (Å²) < 4.78 is 27.7. The Balaban J connectivity index is 1.53. The van der Waals surface area contributed by atoms with Gasteiger partial charge in [0.25, 0.3) is 0 Å². The van der Waals surface area contributed by atoms with Crippen molar-refractivity contribution in [3.8, 4) is 0 Å². The maximum Gasteiger partial charge on any atom is 0.126 e. The average molecular weight is 515 g/mol. The van der Waals surface area contributed by atoms with Crippen LogP contribution in [0.2, 0.25) is 0 Å². The second-order valence-electron chi connectivity index (χ2n) is 11.8. The minimum atomic E-state index is -0.780. The normalized spacial score (nSPS) is 19.5. The van der Waals surface area contributed by atoms with E-state index in [0.717, 1.165) is 49.6 Å². The molecule has 6 heteroatoms. The Bertz CT molecular complexity index is 1040. The summed E-state index contributed by atoms with van der Waals surface area (Å²) in [6.45, 7) is 7.05. The predicted octanol–water partition coefficient (Wildman–Crippen LogP) is 6.31. The highest BCUT2D eigenvalue weighted by molar-refractivity contribution is 7.80. The molecule has 36 heavy (non-hydrogen) atoms. The van der Waals surface area contributed by atoms with E-state index < -0.39 is 23.8 Å². The van der Waals surface area contributed by atoms with Crippen LogP contribution >= 0.6 is 12.2 Å². The molecule has 0 radical (unpaired) electrons. The fourth-order valence-corrected chi connectivity index (χ4v) is 5.75. The molecule has 0 saturated heterocycles. The second kappa shape index (κ2) is 11.2. The van der Waals surface area contributed by atoms with Crippen LogP contribution in [-0.4, -0.2) is 28.8 Å². The molecular formula is C30H40F2N2OS. The number of aliphatic hydroxyl groups is 1. The summed E-state index contributed by atoms with van der Waals surface area (Å²) in [4.78, 5) is 0.737. The van der Waals surface area contributed by atoms with Crippen LogP contribution in [-0.2, 0) is 17.4 Å². The number of aliphatic hydroxyl groups excluding tert-OH is 1. The first-order chi connectivity index (χ1) is 17.1. The Morgan fingerprint density at radius 2 is 1.72 bits per heavy atom. The van der Waals surface area contributed by atoms with Gasteiger partial charge in [0.05, 0.1) is 17.1 Å². The molecule has 2 aromatic carbocycles. The van der Waals surface area contributed by atoms with Gasteiger partial charge < -0.3 is 15.7 Å². The number of thiocarbonyl (C=S) groups is 1. The van der Waals surface area contributed by atoms with Gasteiger partial charge in [-0.3, -0.25) is 0 Å². The van der Waals surface area contributed by atoms with Gasteiger partial charge in [0.1, 0.15) is 11.6 Å². The molecule has 0 amide bonds. The lowest BCUT2D eigenvalue weighted by Gasteiger charge is -2.41. The number of hydrogen-bond acceptors (Lipinski definition) is 3. The lowest BCUT2D eigenvalue weighted by molar-refractivity contribution is 0.110. The van der Waals surface area contributed by atoms with Gasteiger partial charge in [0, 0.05) is 24.1 Å². The van der Waals surface area contributed by atoms with Crippen LogP contribution in [0.4, 0.5) is 8.78 Å². The van der Waals surface area contributed by atoms with Crippen molar-refractivity contribution in [1.82, 2.24) is 10.6 Å². The fourth-order valence-electron chi connectivity index (χ4n) is 5.36. The first kappa shape index (κ1) is 27.2. The summed E-state index contributed by atoms with van der Waals surface area (Å²) in [6.07, 6.45) is 7.13. The summed E-state index contributed by atoms with van der Waals surface area (Å²) in [5, 5.41) is 18.5. The van der Waals surface area contributed by atoms with Crippen molar-refractivity contribution in [3.63, 3.8) is 0 Å². The van der Waals surface area contributed by atoms with Gasteiger partial charge in [-0.2, -0.15) is 0 Å². The predicted molar refractivity (Wildman–Crippen MR) is 146 cm³/mol. The van der Waals surface area contributed by atoms with E-state index in [9.17, 15) is 13.9 Å². The van der Waals surface area contributed by atoms with Crippen molar-refractivity contribution in [2.24, 2.45) is 5.92 Å². The molecule has 0 aromatic heterocycles. The average Bonchev–Trinajstić information content (AvgIpc) is 3.67. The maximum atomic E-state index is 13.9. The molecular weight excluding hydrogens is 474 g/mol. The zero-order valence-electron chi connectivity index (χ0n) is 21.7. The maximum absolute atomic E-state index is 13.9. The second-order valence-corrected chi connectivity index (χ2v) is 12.2. The fraction of sp³-hybridized carbons (Fsp3) is 0.567. The molecule has 2 aliphatic rings. The number of hydrogen-bond donors (Lipinski definition) is 3. The molecule has 3 N–H and O–H groups in total. The first-order valence-electron chi connectivity index (χ1n) is 13.4. The van der Waals surface area contributed by atoms with Gasteiger partial charge in [-0.15, -0.1) is 0 Å². The highest BCUT2D eigenvalue weighted by atomic mass is 32.1. The van der Waals surface area contributed by atoms with Gasteiger partial charge in [-0.05, 0) is 66.3 Å². The Hall–Kier alpha value is -1.89. The zero-order chi connectivity index (χ0) is 25.9. The van der Waals surface area contributed by atoms with Crippen molar-refractivity contribution >= 4 is 17.2 Å². The standard InChI is InChI=1S/C30H40F2N2OS/c1-29(2,3)22-8-7-9-23(17-22)30(12-5-4-6-13-30)33-19-27(35)26(34-28(36)21-10-11-21)16-20-14-24(31)18-25(32)15-20/h7-9,14-15,17-18,21,26-27,33,35H,4-6,10-13,16,19H2,1-3H3,(H,34,36). The molecule has 0 aliphatic heterocycles. The molecule has 2 fully saturated rings. The minimum absolute atomic E-state index is 0.0547. The van der Waals surface area contributed by atoms with E-state index in [2.05, 4.69) is 55.7 Å². The Kier molecular flexibility index (Phi) is 8.48. The lowest BCUT2D eigenvalue weighted by Crippen LogP contribution is -2.53. The highest BCUT2D eigenvalue weighted by Gasteiger charge is 2.36.